The van der Waals surface area contributed by atoms with Crippen molar-refractivity contribution < 1.29 is 9.18 Å². The SMILES string of the molecule is O=C(Cc1ccc(F)cc1)Nc1cc(-c2ccn[nH]2)cs1. The van der Waals surface area contributed by atoms with Crippen molar-refractivity contribution in [2.45, 2.75) is 6.42 Å². The number of H-pyrrole nitrogens is 1. The van der Waals surface area contributed by atoms with Crippen LogP contribution in [-0.2, 0) is 11.2 Å². The monoisotopic (exact) mass is 301 g/mol. The van der Waals surface area contributed by atoms with Crippen LogP contribution in [0.4, 0.5) is 9.39 Å². The normalized spacial score (nSPS) is 10.5. The largest absolute Gasteiger partial charge is 0.317 e. The van der Waals surface area contributed by atoms with Gasteiger partial charge in [0.05, 0.1) is 17.1 Å². The predicted molar refractivity (Wildman–Crippen MR) is 80.6 cm³/mol. The molecule has 2 aromatic heterocycles. The van der Waals surface area contributed by atoms with Gasteiger partial charge in [0.1, 0.15) is 5.82 Å². The number of amides is 1. The highest BCUT2D eigenvalue weighted by Gasteiger charge is 2.08. The van der Waals surface area contributed by atoms with Gasteiger partial charge in [-0.25, -0.2) is 4.39 Å². The number of thiophene rings is 1. The van der Waals surface area contributed by atoms with Gasteiger partial charge in [-0.1, -0.05) is 12.1 Å². The van der Waals surface area contributed by atoms with Crippen LogP contribution in [0.5, 0.6) is 0 Å². The molecule has 6 heteroatoms. The molecule has 0 aliphatic heterocycles. The third kappa shape index (κ3) is 3.35. The summed E-state index contributed by atoms with van der Waals surface area (Å²) in [6.45, 7) is 0. The molecule has 0 fully saturated rings. The van der Waals surface area contributed by atoms with Crippen molar-refractivity contribution >= 4 is 22.2 Å². The van der Waals surface area contributed by atoms with E-state index < -0.39 is 0 Å². The second-order valence-corrected chi connectivity index (χ2v) is 5.43. The minimum Gasteiger partial charge on any atom is -0.317 e. The summed E-state index contributed by atoms with van der Waals surface area (Å²) >= 11 is 1.45. The number of hydrogen-bond acceptors (Lipinski definition) is 3. The number of aromatic amines is 1. The number of carbonyl (C=O) groups is 1. The number of anilines is 1. The highest BCUT2D eigenvalue weighted by Crippen LogP contribution is 2.27. The van der Waals surface area contributed by atoms with E-state index in [1.807, 2.05) is 17.5 Å². The maximum Gasteiger partial charge on any atom is 0.229 e. The summed E-state index contributed by atoms with van der Waals surface area (Å²) in [6.07, 6.45) is 1.90. The maximum absolute atomic E-state index is 12.8. The molecule has 1 aromatic carbocycles. The Morgan fingerprint density at radius 1 is 1.29 bits per heavy atom. The van der Waals surface area contributed by atoms with Crippen LogP contribution >= 0.6 is 11.3 Å². The third-order valence-electron chi connectivity index (χ3n) is 2.95. The molecule has 0 aliphatic rings. The first kappa shape index (κ1) is 13.5. The molecule has 0 unspecified atom stereocenters. The minimum atomic E-state index is -0.304. The third-order valence-corrected chi connectivity index (χ3v) is 3.80. The molecule has 2 heterocycles. The molecule has 2 N–H and O–H groups in total. The number of carbonyl (C=O) groups excluding carboxylic acids is 1. The second-order valence-electron chi connectivity index (χ2n) is 4.52. The molecular weight excluding hydrogens is 289 g/mol. The topological polar surface area (TPSA) is 57.8 Å². The van der Waals surface area contributed by atoms with Crippen LogP contribution in [0.2, 0.25) is 0 Å². The van der Waals surface area contributed by atoms with Gasteiger partial charge >= 0.3 is 0 Å². The van der Waals surface area contributed by atoms with E-state index in [1.54, 1.807) is 18.3 Å². The molecule has 0 spiro atoms. The summed E-state index contributed by atoms with van der Waals surface area (Å²) in [7, 11) is 0. The van der Waals surface area contributed by atoms with E-state index in [0.29, 0.717) is 0 Å². The highest BCUT2D eigenvalue weighted by atomic mass is 32.1. The fourth-order valence-corrected chi connectivity index (χ4v) is 2.75. The van der Waals surface area contributed by atoms with Crippen LogP contribution < -0.4 is 5.32 Å². The number of aromatic nitrogens is 2. The molecule has 106 valence electrons. The average molecular weight is 301 g/mol. The van der Waals surface area contributed by atoms with Gasteiger partial charge in [-0.05, 0) is 29.8 Å². The van der Waals surface area contributed by atoms with E-state index in [9.17, 15) is 9.18 Å². The van der Waals surface area contributed by atoms with Gasteiger partial charge in [-0.15, -0.1) is 11.3 Å². The van der Waals surface area contributed by atoms with E-state index in [2.05, 4.69) is 15.5 Å². The van der Waals surface area contributed by atoms with Crippen LogP contribution in [0.15, 0.2) is 48.0 Å². The van der Waals surface area contributed by atoms with Crippen LogP contribution in [0.1, 0.15) is 5.56 Å². The molecular formula is C15H12FN3OS. The van der Waals surface area contributed by atoms with Crippen LogP contribution in [0.25, 0.3) is 11.3 Å². The first-order chi connectivity index (χ1) is 10.2. The maximum atomic E-state index is 12.8. The fraction of sp³-hybridized carbons (Fsp3) is 0.0667. The molecule has 3 rings (SSSR count). The van der Waals surface area contributed by atoms with E-state index in [1.165, 1.54) is 23.5 Å². The average Bonchev–Trinajstić information content (AvgIpc) is 3.12. The van der Waals surface area contributed by atoms with Crippen molar-refractivity contribution in [1.29, 1.82) is 0 Å². The first-order valence-electron chi connectivity index (χ1n) is 6.33. The molecule has 3 aromatic rings. The van der Waals surface area contributed by atoms with Crippen molar-refractivity contribution in [3.63, 3.8) is 0 Å². The Morgan fingerprint density at radius 3 is 2.81 bits per heavy atom. The lowest BCUT2D eigenvalue weighted by Gasteiger charge is -2.02. The first-order valence-corrected chi connectivity index (χ1v) is 7.21. The molecule has 0 saturated heterocycles. The molecule has 0 bridgehead atoms. The van der Waals surface area contributed by atoms with Crippen molar-refractivity contribution in [2.24, 2.45) is 0 Å². The fourth-order valence-electron chi connectivity index (χ4n) is 1.93. The van der Waals surface area contributed by atoms with Gasteiger partial charge in [0.2, 0.25) is 5.91 Å². The van der Waals surface area contributed by atoms with Gasteiger partial charge in [0.25, 0.3) is 0 Å². The number of halogens is 1. The Morgan fingerprint density at radius 2 is 2.10 bits per heavy atom. The van der Waals surface area contributed by atoms with Gasteiger partial charge in [0.15, 0.2) is 0 Å². The van der Waals surface area contributed by atoms with Gasteiger partial charge in [-0.3, -0.25) is 9.89 Å². The van der Waals surface area contributed by atoms with Crippen LogP contribution in [-0.4, -0.2) is 16.1 Å². The zero-order valence-electron chi connectivity index (χ0n) is 11.0. The van der Waals surface area contributed by atoms with E-state index in [0.717, 1.165) is 21.8 Å². The second kappa shape index (κ2) is 5.88. The van der Waals surface area contributed by atoms with Crippen molar-refractivity contribution in [3.8, 4) is 11.3 Å². The van der Waals surface area contributed by atoms with Gasteiger partial charge in [0, 0.05) is 17.1 Å². The standard InChI is InChI=1S/C15H12FN3OS/c16-12-3-1-10(2-4-12)7-14(20)18-15-8-11(9-21-15)13-5-6-17-19-13/h1-6,8-9H,7H2,(H,17,19)(H,18,20). The number of benzene rings is 1. The minimum absolute atomic E-state index is 0.125. The van der Waals surface area contributed by atoms with E-state index in [4.69, 9.17) is 0 Å². The van der Waals surface area contributed by atoms with Gasteiger partial charge in [-0.2, -0.15) is 5.10 Å². The molecule has 0 aliphatic carbocycles. The predicted octanol–water partition coefficient (Wildman–Crippen LogP) is 3.46. The summed E-state index contributed by atoms with van der Waals surface area (Å²) in [5.74, 6) is -0.429. The Hall–Kier alpha value is -2.47. The summed E-state index contributed by atoms with van der Waals surface area (Å²) in [4.78, 5) is 11.9. The smallest absolute Gasteiger partial charge is 0.229 e. The van der Waals surface area contributed by atoms with Crippen molar-refractivity contribution in [3.05, 3.63) is 59.4 Å². The summed E-state index contributed by atoms with van der Waals surface area (Å²) < 4.78 is 12.8. The Bertz CT molecular complexity index is 735. The number of hydrogen-bond donors (Lipinski definition) is 2. The lowest BCUT2D eigenvalue weighted by atomic mass is 10.1. The zero-order chi connectivity index (χ0) is 14.7. The number of nitrogens with zero attached hydrogens (tertiary/aromatic N) is 1. The van der Waals surface area contributed by atoms with Crippen LogP contribution in [0, 0.1) is 5.82 Å². The van der Waals surface area contributed by atoms with Crippen molar-refractivity contribution in [2.75, 3.05) is 5.32 Å². The molecule has 1 amide bonds. The van der Waals surface area contributed by atoms with E-state index >= 15 is 0 Å². The summed E-state index contributed by atoms with van der Waals surface area (Å²) in [6, 6.07) is 9.68. The molecule has 21 heavy (non-hydrogen) atoms. The Kier molecular flexibility index (Phi) is 3.79. The van der Waals surface area contributed by atoms with E-state index in [-0.39, 0.29) is 18.1 Å². The lowest BCUT2D eigenvalue weighted by Crippen LogP contribution is -2.13. The molecule has 4 nitrogen and oxygen atoms in total. The summed E-state index contributed by atoms with van der Waals surface area (Å²) in [5.41, 5.74) is 2.67. The van der Waals surface area contributed by atoms with Crippen LogP contribution in [0.3, 0.4) is 0 Å². The quantitative estimate of drug-likeness (QED) is 0.775. The Balaban J connectivity index is 1.64. The lowest BCUT2D eigenvalue weighted by molar-refractivity contribution is -0.115. The number of rotatable bonds is 4. The highest BCUT2D eigenvalue weighted by molar-refractivity contribution is 7.14. The molecule has 0 saturated carbocycles. The molecule has 0 radical (unpaired) electrons. The zero-order valence-corrected chi connectivity index (χ0v) is 11.8. The number of nitrogens with one attached hydrogen (secondary N) is 2. The molecule has 0 atom stereocenters. The van der Waals surface area contributed by atoms with Gasteiger partial charge < -0.3 is 5.32 Å². The Labute approximate surface area is 124 Å². The van der Waals surface area contributed by atoms with Crippen molar-refractivity contribution in [1.82, 2.24) is 10.2 Å². The summed E-state index contributed by atoms with van der Waals surface area (Å²) in [5, 5.41) is 12.3.